The van der Waals surface area contributed by atoms with Crippen molar-refractivity contribution in [3.63, 3.8) is 0 Å². The van der Waals surface area contributed by atoms with Crippen LogP contribution in [-0.2, 0) is 6.18 Å². The molecule has 1 unspecified atom stereocenters. The van der Waals surface area contributed by atoms with Crippen LogP contribution >= 0.6 is 0 Å². The van der Waals surface area contributed by atoms with Gasteiger partial charge in [0.25, 0.3) is 0 Å². The fraction of sp³-hybridized carbons (Fsp3) is 0.267. The molecule has 0 bridgehead atoms. The number of alkyl halides is 3. The van der Waals surface area contributed by atoms with Crippen molar-refractivity contribution in [3.8, 4) is 11.1 Å². The summed E-state index contributed by atoms with van der Waals surface area (Å²) in [5, 5.41) is 3.07. The molecule has 0 aliphatic carbocycles. The Bertz CT molecular complexity index is 594. The van der Waals surface area contributed by atoms with E-state index in [0.717, 1.165) is 17.8 Å². The van der Waals surface area contributed by atoms with Gasteiger partial charge in [0.2, 0.25) is 0 Å². The largest absolute Gasteiger partial charge is 0.417 e. The quantitative estimate of drug-likeness (QED) is 0.917. The van der Waals surface area contributed by atoms with Crippen LogP contribution in [-0.4, -0.2) is 12.0 Å². The van der Waals surface area contributed by atoms with Crippen LogP contribution in [0.1, 0.15) is 24.1 Å². The second-order valence-electron chi connectivity index (χ2n) is 4.55. The van der Waals surface area contributed by atoms with E-state index in [1.165, 1.54) is 6.20 Å². The Balaban J connectivity index is 2.52. The monoisotopic (exact) mass is 280 g/mol. The fourth-order valence-corrected chi connectivity index (χ4v) is 2.01. The molecule has 0 spiro atoms. The van der Waals surface area contributed by atoms with E-state index >= 15 is 0 Å². The maximum absolute atomic E-state index is 13.0. The molecule has 2 rings (SSSR count). The molecule has 0 saturated carbocycles. The van der Waals surface area contributed by atoms with E-state index < -0.39 is 11.7 Å². The highest BCUT2D eigenvalue weighted by Crippen LogP contribution is 2.36. The third-order valence-electron chi connectivity index (χ3n) is 3.26. The molecule has 0 saturated heterocycles. The van der Waals surface area contributed by atoms with Crippen LogP contribution in [0.4, 0.5) is 13.2 Å². The predicted octanol–water partition coefficient (Wildman–Crippen LogP) is 4.05. The average molecular weight is 280 g/mol. The second-order valence-corrected chi connectivity index (χ2v) is 4.55. The second kappa shape index (κ2) is 5.63. The van der Waals surface area contributed by atoms with Gasteiger partial charge in [-0.3, -0.25) is 4.98 Å². The van der Waals surface area contributed by atoms with E-state index in [0.29, 0.717) is 5.56 Å². The van der Waals surface area contributed by atoms with Crippen molar-refractivity contribution >= 4 is 0 Å². The molecule has 1 aromatic heterocycles. The summed E-state index contributed by atoms with van der Waals surface area (Å²) in [5.74, 6) is 0. The number of aromatic nitrogens is 1. The Kier molecular flexibility index (Phi) is 4.09. The van der Waals surface area contributed by atoms with Gasteiger partial charge in [-0.15, -0.1) is 0 Å². The molecular formula is C15H15F3N2. The van der Waals surface area contributed by atoms with E-state index in [4.69, 9.17) is 0 Å². The molecule has 1 N–H and O–H groups in total. The van der Waals surface area contributed by atoms with E-state index in [-0.39, 0.29) is 11.6 Å². The van der Waals surface area contributed by atoms with Crippen molar-refractivity contribution in [1.82, 2.24) is 10.3 Å². The molecule has 5 heteroatoms. The van der Waals surface area contributed by atoms with Gasteiger partial charge in [0.05, 0.1) is 5.56 Å². The lowest BCUT2D eigenvalue weighted by atomic mass is 9.98. The Morgan fingerprint density at radius 1 is 1.20 bits per heavy atom. The van der Waals surface area contributed by atoms with Crippen LogP contribution in [0, 0.1) is 0 Å². The number of benzene rings is 1. The van der Waals surface area contributed by atoms with Gasteiger partial charge in [0.1, 0.15) is 0 Å². The fourth-order valence-electron chi connectivity index (χ4n) is 2.01. The standard InChI is InChI=1S/C15H15F3N2/c1-10(19-2)11-4-3-5-12(8-11)13-9-20-7-6-14(13)15(16,17)18/h3-10,19H,1-2H3. The van der Waals surface area contributed by atoms with Gasteiger partial charge in [0, 0.05) is 24.0 Å². The predicted molar refractivity (Wildman–Crippen MR) is 72.1 cm³/mol. The Morgan fingerprint density at radius 2 is 1.95 bits per heavy atom. The van der Waals surface area contributed by atoms with Gasteiger partial charge < -0.3 is 5.32 Å². The van der Waals surface area contributed by atoms with Gasteiger partial charge in [-0.2, -0.15) is 13.2 Å². The third-order valence-corrected chi connectivity index (χ3v) is 3.26. The maximum atomic E-state index is 13.0. The first-order valence-electron chi connectivity index (χ1n) is 6.22. The molecule has 0 aliphatic rings. The van der Waals surface area contributed by atoms with Crippen molar-refractivity contribution < 1.29 is 13.2 Å². The first-order valence-corrected chi connectivity index (χ1v) is 6.22. The zero-order chi connectivity index (χ0) is 14.8. The Hall–Kier alpha value is -1.88. The normalized spacial score (nSPS) is 13.2. The van der Waals surface area contributed by atoms with Gasteiger partial charge in [-0.25, -0.2) is 0 Å². The van der Waals surface area contributed by atoms with Gasteiger partial charge in [0.15, 0.2) is 0 Å². The summed E-state index contributed by atoms with van der Waals surface area (Å²) < 4.78 is 39.1. The van der Waals surface area contributed by atoms with Crippen LogP contribution in [0.15, 0.2) is 42.7 Å². The summed E-state index contributed by atoms with van der Waals surface area (Å²) in [5.41, 5.74) is 0.888. The minimum Gasteiger partial charge on any atom is -0.313 e. The summed E-state index contributed by atoms with van der Waals surface area (Å²) in [7, 11) is 1.81. The van der Waals surface area contributed by atoms with Gasteiger partial charge in [-0.05, 0) is 37.2 Å². The van der Waals surface area contributed by atoms with Crippen LogP contribution in [0.5, 0.6) is 0 Å². The van der Waals surface area contributed by atoms with Crippen molar-refractivity contribution in [2.45, 2.75) is 19.1 Å². The smallest absolute Gasteiger partial charge is 0.313 e. The topological polar surface area (TPSA) is 24.9 Å². The minimum absolute atomic E-state index is 0.0703. The van der Waals surface area contributed by atoms with Crippen LogP contribution < -0.4 is 5.32 Å². The molecule has 0 fully saturated rings. The molecule has 106 valence electrons. The summed E-state index contributed by atoms with van der Waals surface area (Å²) in [6, 6.07) is 8.13. The molecule has 0 amide bonds. The number of rotatable bonds is 3. The van der Waals surface area contributed by atoms with E-state index in [9.17, 15) is 13.2 Å². The number of pyridine rings is 1. The number of hydrogen-bond acceptors (Lipinski definition) is 2. The minimum atomic E-state index is -4.39. The van der Waals surface area contributed by atoms with Crippen LogP contribution in [0.25, 0.3) is 11.1 Å². The molecule has 1 aromatic carbocycles. The van der Waals surface area contributed by atoms with Crippen LogP contribution in [0.2, 0.25) is 0 Å². The van der Waals surface area contributed by atoms with Crippen molar-refractivity contribution in [2.75, 3.05) is 7.05 Å². The summed E-state index contributed by atoms with van der Waals surface area (Å²) in [4.78, 5) is 3.81. The molecule has 0 aliphatic heterocycles. The lowest BCUT2D eigenvalue weighted by Crippen LogP contribution is -2.12. The SMILES string of the molecule is CNC(C)c1cccc(-c2cnccc2C(F)(F)F)c1. The first-order chi connectivity index (χ1) is 9.43. The van der Waals surface area contributed by atoms with Crippen molar-refractivity contribution in [2.24, 2.45) is 0 Å². The zero-order valence-corrected chi connectivity index (χ0v) is 11.2. The average Bonchev–Trinajstić information content (AvgIpc) is 2.45. The highest BCUT2D eigenvalue weighted by atomic mass is 19.4. The molecule has 2 aromatic rings. The molecule has 2 nitrogen and oxygen atoms in total. The summed E-state index contributed by atoms with van der Waals surface area (Å²) in [6.07, 6.45) is -1.97. The van der Waals surface area contributed by atoms with E-state index in [1.54, 1.807) is 18.2 Å². The highest BCUT2D eigenvalue weighted by molar-refractivity contribution is 5.67. The Labute approximate surface area is 115 Å². The van der Waals surface area contributed by atoms with Crippen LogP contribution in [0.3, 0.4) is 0 Å². The number of nitrogens with zero attached hydrogens (tertiary/aromatic N) is 1. The molecule has 1 atom stereocenters. The van der Waals surface area contributed by atoms with E-state index in [1.807, 2.05) is 20.0 Å². The zero-order valence-electron chi connectivity index (χ0n) is 11.2. The molecule has 0 radical (unpaired) electrons. The van der Waals surface area contributed by atoms with Gasteiger partial charge in [-0.1, -0.05) is 18.2 Å². The first kappa shape index (κ1) is 14.5. The summed E-state index contributed by atoms with van der Waals surface area (Å²) in [6.45, 7) is 1.95. The number of nitrogens with one attached hydrogen (secondary N) is 1. The molecule has 20 heavy (non-hydrogen) atoms. The number of halogens is 3. The maximum Gasteiger partial charge on any atom is 0.417 e. The van der Waals surface area contributed by atoms with Gasteiger partial charge >= 0.3 is 6.18 Å². The van der Waals surface area contributed by atoms with Crippen molar-refractivity contribution in [3.05, 3.63) is 53.9 Å². The summed E-state index contributed by atoms with van der Waals surface area (Å²) >= 11 is 0. The van der Waals surface area contributed by atoms with E-state index in [2.05, 4.69) is 10.3 Å². The lowest BCUT2D eigenvalue weighted by Gasteiger charge is -2.15. The Morgan fingerprint density at radius 3 is 2.60 bits per heavy atom. The van der Waals surface area contributed by atoms with Crippen molar-refractivity contribution in [1.29, 1.82) is 0 Å². The molecule has 1 heterocycles. The third kappa shape index (κ3) is 2.99. The number of hydrogen-bond donors (Lipinski definition) is 1. The highest BCUT2D eigenvalue weighted by Gasteiger charge is 2.33. The lowest BCUT2D eigenvalue weighted by molar-refractivity contribution is -0.137. The molecular weight excluding hydrogens is 265 g/mol.